The van der Waals surface area contributed by atoms with E-state index in [1.54, 1.807) is 6.92 Å². The Morgan fingerprint density at radius 1 is 1.25 bits per heavy atom. The molecule has 0 spiro atoms. The van der Waals surface area contributed by atoms with Crippen LogP contribution in [0, 0.1) is 0 Å². The lowest BCUT2D eigenvalue weighted by Crippen LogP contribution is -2.38. The Morgan fingerprint density at radius 3 is 2.38 bits per heavy atom. The van der Waals surface area contributed by atoms with Gasteiger partial charge in [0.05, 0.1) is 6.61 Å². The quantitative estimate of drug-likeness (QED) is 0.662. The van der Waals surface area contributed by atoms with Crippen molar-refractivity contribution in [3.63, 3.8) is 0 Å². The third kappa shape index (κ3) is 1.64. The van der Waals surface area contributed by atoms with Crippen LogP contribution in [0.5, 0.6) is 0 Å². The summed E-state index contributed by atoms with van der Waals surface area (Å²) in [7, 11) is 0. The van der Waals surface area contributed by atoms with Gasteiger partial charge in [-0.25, -0.2) is 0 Å². The second-order valence-electron chi connectivity index (χ2n) is 4.25. The fourth-order valence-corrected chi connectivity index (χ4v) is 2.14. The average molecular weight is 224 g/mol. The topological polar surface area (TPSA) is 69.9 Å². The number of ether oxygens (including phenoxy) is 1. The number of rotatable bonds is 2. The van der Waals surface area contributed by atoms with Gasteiger partial charge in [0.15, 0.2) is 0 Å². The molecule has 0 bridgehead atoms. The maximum absolute atomic E-state index is 9.99. The Balaban J connectivity index is 2.33. The van der Waals surface area contributed by atoms with E-state index in [0.29, 0.717) is 0 Å². The van der Waals surface area contributed by atoms with Crippen LogP contribution in [-0.2, 0) is 10.3 Å². The molecule has 2 rings (SSSR count). The van der Waals surface area contributed by atoms with Crippen LogP contribution in [0.15, 0.2) is 30.3 Å². The Morgan fingerprint density at radius 2 is 1.88 bits per heavy atom. The summed E-state index contributed by atoms with van der Waals surface area (Å²) in [5.41, 5.74) is -0.175. The molecule has 1 aliphatic heterocycles. The van der Waals surface area contributed by atoms with E-state index in [4.69, 9.17) is 9.84 Å². The molecule has 4 heteroatoms. The van der Waals surface area contributed by atoms with Crippen LogP contribution in [0.3, 0.4) is 0 Å². The van der Waals surface area contributed by atoms with E-state index in [0.717, 1.165) is 5.56 Å². The van der Waals surface area contributed by atoms with Crippen molar-refractivity contribution in [3.05, 3.63) is 35.9 Å². The zero-order valence-electron chi connectivity index (χ0n) is 9.08. The van der Waals surface area contributed by atoms with Gasteiger partial charge in [0.1, 0.15) is 23.9 Å². The van der Waals surface area contributed by atoms with Gasteiger partial charge in [-0.15, -0.1) is 0 Å². The molecule has 16 heavy (non-hydrogen) atoms. The third-order valence-corrected chi connectivity index (χ3v) is 3.19. The van der Waals surface area contributed by atoms with Crippen molar-refractivity contribution in [2.75, 3.05) is 6.61 Å². The molecule has 0 saturated carbocycles. The zero-order valence-corrected chi connectivity index (χ0v) is 9.08. The van der Waals surface area contributed by atoms with Gasteiger partial charge in [0, 0.05) is 0 Å². The van der Waals surface area contributed by atoms with Crippen molar-refractivity contribution in [3.8, 4) is 0 Å². The molecule has 1 aromatic rings. The molecular formula is C12H16O4. The Labute approximate surface area is 94.1 Å². The van der Waals surface area contributed by atoms with Crippen molar-refractivity contribution < 1.29 is 20.1 Å². The van der Waals surface area contributed by atoms with Gasteiger partial charge < -0.3 is 20.1 Å². The van der Waals surface area contributed by atoms with E-state index in [2.05, 4.69) is 0 Å². The SMILES string of the molecule is CC1(c2ccccc2)O[C@H](CO)C(O)C1O. The summed E-state index contributed by atoms with van der Waals surface area (Å²) >= 11 is 0. The highest BCUT2D eigenvalue weighted by molar-refractivity contribution is 5.25. The van der Waals surface area contributed by atoms with Gasteiger partial charge in [-0.05, 0) is 12.5 Å². The molecule has 1 saturated heterocycles. The Hall–Kier alpha value is -0.940. The summed E-state index contributed by atoms with van der Waals surface area (Å²) in [6.45, 7) is 1.41. The molecule has 0 amide bonds. The molecule has 3 N–H and O–H groups in total. The van der Waals surface area contributed by atoms with Crippen molar-refractivity contribution in [1.29, 1.82) is 0 Å². The summed E-state index contributed by atoms with van der Waals surface area (Å²) in [6.07, 6.45) is -2.83. The molecule has 1 aromatic carbocycles. The first-order valence-corrected chi connectivity index (χ1v) is 5.30. The Bertz CT molecular complexity index is 353. The summed E-state index contributed by atoms with van der Waals surface area (Å²) in [4.78, 5) is 0. The first-order valence-electron chi connectivity index (χ1n) is 5.30. The molecule has 1 fully saturated rings. The van der Waals surface area contributed by atoms with E-state index in [-0.39, 0.29) is 6.61 Å². The van der Waals surface area contributed by atoms with Crippen LogP contribution in [0.4, 0.5) is 0 Å². The molecular weight excluding hydrogens is 208 g/mol. The van der Waals surface area contributed by atoms with E-state index in [1.165, 1.54) is 0 Å². The molecule has 4 atom stereocenters. The van der Waals surface area contributed by atoms with Crippen LogP contribution in [0.25, 0.3) is 0 Å². The Kier molecular flexibility index (Phi) is 2.99. The summed E-state index contributed by atoms with van der Waals surface area (Å²) in [6, 6.07) is 9.21. The van der Waals surface area contributed by atoms with Crippen LogP contribution >= 0.6 is 0 Å². The fraction of sp³-hybridized carbons (Fsp3) is 0.500. The first kappa shape index (κ1) is 11.5. The smallest absolute Gasteiger partial charge is 0.119 e. The number of aliphatic hydroxyl groups is 3. The van der Waals surface area contributed by atoms with E-state index >= 15 is 0 Å². The number of aliphatic hydroxyl groups excluding tert-OH is 3. The van der Waals surface area contributed by atoms with E-state index in [1.807, 2.05) is 30.3 Å². The van der Waals surface area contributed by atoms with Gasteiger partial charge in [-0.1, -0.05) is 30.3 Å². The number of hydrogen-bond acceptors (Lipinski definition) is 4. The predicted molar refractivity (Wildman–Crippen MR) is 57.8 cm³/mol. The maximum Gasteiger partial charge on any atom is 0.119 e. The van der Waals surface area contributed by atoms with Gasteiger partial charge in [0.2, 0.25) is 0 Å². The number of hydrogen-bond donors (Lipinski definition) is 3. The highest BCUT2D eigenvalue weighted by atomic mass is 16.6. The minimum Gasteiger partial charge on any atom is -0.394 e. The van der Waals surface area contributed by atoms with Gasteiger partial charge in [-0.2, -0.15) is 0 Å². The molecule has 0 aromatic heterocycles. The standard InChI is InChI=1S/C12H16O4/c1-12(8-5-3-2-4-6-8)11(15)10(14)9(7-13)16-12/h2-6,9-11,13-15H,7H2,1H3/t9-,10?,11?,12?/m1/s1. The highest BCUT2D eigenvalue weighted by Gasteiger charge is 2.51. The van der Waals surface area contributed by atoms with E-state index in [9.17, 15) is 10.2 Å². The number of benzene rings is 1. The first-order chi connectivity index (χ1) is 7.59. The zero-order chi connectivity index (χ0) is 11.8. The minimum absolute atomic E-state index is 0.305. The average Bonchev–Trinajstić information content (AvgIpc) is 2.56. The normalized spacial score (nSPS) is 38.9. The maximum atomic E-state index is 9.99. The van der Waals surface area contributed by atoms with Crippen molar-refractivity contribution in [2.24, 2.45) is 0 Å². The predicted octanol–water partition coefficient (Wildman–Crippen LogP) is 0.0147. The minimum atomic E-state index is -1.06. The summed E-state index contributed by atoms with van der Waals surface area (Å²) in [5, 5.41) is 28.7. The third-order valence-electron chi connectivity index (χ3n) is 3.19. The van der Waals surface area contributed by atoms with Gasteiger partial charge in [-0.3, -0.25) is 0 Å². The van der Waals surface area contributed by atoms with Crippen LogP contribution < -0.4 is 0 Å². The monoisotopic (exact) mass is 224 g/mol. The van der Waals surface area contributed by atoms with Crippen LogP contribution in [0.1, 0.15) is 12.5 Å². The highest BCUT2D eigenvalue weighted by Crippen LogP contribution is 2.39. The molecule has 0 radical (unpaired) electrons. The van der Waals surface area contributed by atoms with Crippen LogP contribution in [0.2, 0.25) is 0 Å². The van der Waals surface area contributed by atoms with E-state index < -0.39 is 23.9 Å². The fourth-order valence-electron chi connectivity index (χ4n) is 2.14. The van der Waals surface area contributed by atoms with Crippen LogP contribution in [-0.4, -0.2) is 40.2 Å². The lowest BCUT2D eigenvalue weighted by atomic mass is 9.89. The molecule has 3 unspecified atom stereocenters. The molecule has 1 heterocycles. The molecule has 88 valence electrons. The van der Waals surface area contributed by atoms with Crippen molar-refractivity contribution in [1.82, 2.24) is 0 Å². The summed E-state index contributed by atoms with van der Waals surface area (Å²) < 4.78 is 5.56. The molecule has 4 nitrogen and oxygen atoms in total. The molecule has 1 aliphatic rings. The second kappa shape index (κ2) is 4.14. The largest absolute Gasteiger partial charge is 0.394 e. The lowest BCUT2D eigenvalue weighted by molar-refractivity contribution is -0.0857. The molecule has 0 aliphatic carbocycles. The summed E-state index contributed by atoms with van der Waals surface area (Å²) in [5.74, 6) is 0. The lowest BCUT2D eigenvalue weighted by Gasteiger charge is -2.28. The van der Waals surface area contributed by atoms with Crippen molar-refractivity contribution >= 4 is 0 Å². The van der Waals surface area contributed by atoms with Crippen molar-refractivity contribution in [2.45, 2.75) is 30.8 Å². The van der Waals surface area contributed by atoms with Gasteiger partial charge in [0.25, 0.3) is 0 Å². The van der Waals surface area contributed by atoms with Gasteiger partial charge >= 0.3 is 0 Å². The second-order valence-corrected chi connectivity index (χ2v) is 4.25.